The van der Waals surface area contributed by atoms with E-state index in [1.165, 1.54) is 12.1 Å². The molecule has 0 unspecified atom stereocenters. The van der Waals surface area contributed by atoms with Gasteiger partial charge in [-0.15, -0.1) is 0 Å². The topological polar surface area (TPSA) is 103 Å². The maximum absolute atomic E-state index is 13.4. The van der Waals surface area contributed by atoms with Gasteiger partial charge in [-0.05, 0) is 30.3 Å². The molecular formula is C20H12F3NO5. The third-order valence-corrected chi connectivity index (χ3v) is 4.64. The number of nitrogens with zero attached hydrogens (tertiary/aromatic N) is 1. The lowest BCUT2D eigenvalue weighted by Gasteiger charge is -2.14. The van der Waals surface area contributed by atoms with Crippen LogP contribution in [0.15, 0.2) is 48.5 Å². The first-order valence-corrected chi connectivity index (χ1v) is 8.23. The zero-order valence-corrected chi connectivity index (χ0v) is 14.4. The van der Waals surface area contributed by atoms with E-state index in [2.05, 4.69) is 0 Å². The zero-order valence-electron chi connectivity index (χ0n) is 14.4. The van der Waals surface area contributed by atoms with Crippen molar-refractivity contribution in [3.8, 4) is 23.0 Å². The average Bonchev–Trinajstić information content (AvgIpc) is 2.98. The Hall–Kier alpha value is -3.88. The minimum atomic E-state index is -4.81. The van der Waals surface area contributed by atoms with Crippen LogP contribution in [0, 0.1) is 0 Å². The van der Waals surface area contributed by atoms with Crippen LogP contribution >= 0.6 is 0 Å². The van der Waals surface area contributed by atoms with Gasteiger partial charge in [0.15, 0.2) is 23.0 Å². The van der Waals surface area contributed by atoms with Crippen LogP contribution in [0.2, 0.25) is 0 Å². The van der Waals surface area contributed by atoms with Gasteiger partial charge in [0, 0.05) is 16.8 Å². The second kappa shape index (κ2) is 6.06. The molecule has 0 saturated carbocycles. The summed E-state index contributed by atoms with van der Waals surface area (Å²) in [5, 5.41) is 40.2. The van der Waals surface area contributed by atoms with Crippen molar-refractivity contribution in [1.82, 2.24) is 4.57 Å². The first-order chi connectivity index (χ1) is 13.6. The van der Waals surface area contributed by atoms with Crippen LogP contribution in [0.3, 0.4) is 0 Å². The number of hydrogen-bond acceptors (Lipinski definition) is 5. The Labute approximate surface area is 160 Å². The van der Waals surface area contributed by atoms with E-state index in [0.717, 1.165) is 41.0 Å². The van der Waals surface area contributed by atoms with Crippen LogP contribution in [0.25, 0.3) is 21.8 Å². The summed E-state index contributed by atoms with van der Waals surface area (Å²) in [6, 6.07) is 8.72. The van der Waals surface area contributed by atoms with Gasteiger partial charge >= 0.3 is 6.18 Å². The SMILES string of the molecule is O=C(c1ccccc1C(F)(F)F)n1c2cc(O)c(O)cc2c2ccc(O)c(O)c21. The molecule has 0 atom stereocenters. The standard InChI is InChI=1S/C20H12F3NO5/c21-20(22,23)12-4-2-1-3-10(12)19(29)24-13-8-16(27)15(26)7-11(13)9-5-6-14(25)18(28)17(9)24/h1-8,25-28H. The summed E-state index contributed by atoms with van der Waals surface area (Å²) in [6.45, 7) is 0. The number of phenolic OH excluding ortho intramolecular Hbond substituents is 4. The second-order valence-electron chi connectivity index (χ2n) is 6.37. The van der Waals surface area contributed by atoms with Gasteiger partial charge in [0.05, 0.1) is 16.6 Å². The molecule has 0 aliphatic heterocycles. The van der Waals surface area contributed by atoms with Gasteiger partial charge < -0.3 is 20.4 Å². The summed E-state index contributed by atoms with van der Waals surface area (Å²) >= 11 is 0. The van der Waals surface area contributed by atoms with Crippen molar-refractivity contribution in [2.75, 3.05) is 0 Å². The zero-order chi connectivity index (χ0) is 21.1. The van der Waals surface area contributed by atoms with Crippen molar-refractivity contribution >= 4 is 27.7 Å². The molecule has 1 aromatic heterocycles. The van der Waals surface area contributed by atoms with E-state index in [-0.39, 0.29) is 21.8 Å². The molecule has 1 heterocycles. The van der Waals surface area contributed by atoms with Crippen LogP contribution in [0.1, 0.15) is 15.9 Å². The molecule has 0 radical (unpaired) electrons. The molecule has 0 saturated heterocycles. The lowest BCUT2D eigenvalue weighted by atomic mass is 10.1. The molecule has 9 heteroatoms. The number of halogens is 3. The predicted octanol–water partition coefficient (Wildman–Crippen LogP) is 4.32. The molecular weight excluding hydrogens is 391 g/mol. The van der Waals surface area contributed by atoms with Crippen LogP contribution in [-0.4, -0.2) is 30.9 Å². The molecule has 0 bridgehead atoms. The largest absolute Gasteiger partial charge is 0.504 e. The minimum Gasteiger partial charge on any atom is -0.504 e. The van der Waals surface area contributed by atoms with Crippen molar-refractivity contribution < 1.29 is 38.4 Å². The Balaban J connectivity index is 2.15. The third-order valence-electron chi connectivity index (χ3n) is 4.64. The molecule has 4 aromatic rings. The molecule has 0 amide bonds. The Bertz CT molecular complexity index is 1310. The number of hydrogen-bond donors (Lipinski definition) is 4. The Morgan fingerprint density at radius 2 is 1.48 bits per heavy atom. The highest BCUT2D eigenvalue weighted by Crippen LogP contribution is 2.43. The molecule has 0 fully saturated rings. The summed E-state index contributed by atoms with van der Waals surface area (Å²) in [5.41, 5.74) is -2.18. The van der Waals surface area contributed by atoms with Crippen molar-refractivity contribution in [2.24, 2.45) is 0 Å². The van der Waals surface area contributed by atoms with Crippen molar-refractivity contribution in [2.45, 2.75) is 6.18 Å². The predicted molar refractivity (Wildman–Crippen MR) is 97.3 cm³/mol. The summed E-state index contributed by atoms with van der Waals surface area (Å²) in [4.78, 5) is 13.2. The number of benzene rings is 3. The van der Waals surface area contributed by atoms with E-state index in [0.29, 0.717) is 0 Å². The molecule has 4 N–H and O–H groups in total. The maximum Gasteiger partial charge on any atom is 0.417 e. The van der Waals surface area contributed by atoms with E-state index in [9.17, 15) is 38.4 Å². The van der Waals surface area contributed by atoms with Gasteiger partial charge in [0.1, 0.15) is 5.52 Å². The van der Waals surface area contributed by atoms with Gasteiger partial charge in [0.2, 0.25) is 0 Å². The minimum absolute atomic E-state index is 0.0572. The van der Waals surface area contributed by atoms with Crippen LogP contribution in [0.5, 0.6) is 23.0 Å². The highest BCUT2D eigenvalue weighted by atomic mass is 19.4. The Morgan fingerprint density at radius 1 is 0.828 bits per heavy atom. The summed E-state index contributed by atoms with van der Waals surface area (Å²) < 4.78 is 41.0. The van der Waals surface area contributed by atoms with Crippen LogP contribution in [0.4, 0.5) is 13.2 Å². The van der Waals surface area contributed by atoms with Crippen molar-refractivity contribution in [3.05, 3.63) is 59.7 Å². The fourth-order valence-corrected chi connectivity index (χ4v) is 3.35. The van der Waals surface area contributed by atoms with Gasteiger partial charge in [-0.2, -0.15) is 13.2 Å². The lowest BCUT2D eigenvalue weighted by molar-refractivity contribution is -0.137. The van der Waals surface area contributed by atoms with Crippen molar-refractivity contribution in [1.29, 1.82) is 0 Å². The summed E-state index contributed by atoms with van der Waals surface area (Å²) in [7, 11) is 0. The molecule has 3 aromatic carbocycles. The van der Waals surface area contributed by atoms with Gasteiger partial charge in [-0.3, -0.25) is 9.36 Å². The summed E-state index contributed by atoms with van der Waals surface area (Å²) in [6.07, 6.45) is -4.81. The Morgan fingerprint density at radius 3 is 2.17 bits per heavy atom. The number of carbonyl (C=O) groups is 1. The van der Waals surface area contributed by atoms with Gasteiger partial charge in [-0.25, -0.2) is 0 Å². The van der Waals surface area contributed by atoms with Crippen LogP contribution < -0.4 is 0 Å². The molecule has 4 rings (SSSR count). The molecule has 148 valence electrons. The van der Waals surface area contributed by atoms with E-state index >= 15 is 0 Å². The quantitative estimate of drug-likeness (QED) is 0.355. The third kappa shape index (κ3) is 2.70. The summed E-state index contributed by atoms with van der Waals surface area (Å²) in [5.74, 6) is -3.58. The maximum atomic E-state index is 13.4. The van der Waals surface area contributed by atoms with E-state index < -0.39 is 46.2 Å². The number of carbonyl (C=O) groups excluding carboxylic acids is 1. The molecule has 29 heavy (non-hydrogen) atoms. The monoisotopic (exact) mass is 403 g/mol. The smallest absolute Gasteiger partial charge is 0.417 e. The van der Waals surface area contributed by atoms with E-state index in [1.807, 2.05) is 0 Å². The number of fused-ring (bicyclic) bond motifs is 3. The first-order valence-electron chi connectivity index (χ1n) is 8.23. The molecule has 6 nitrogen and oxygen atoms in total. The Kier molecular flexibility index (Phi) is 3.86. The molecule has 0 aliphatic carbocycles. The number of aromatic hydroxyl groups is 4. The highest BCUT2D eigenvalue weighted by molar-refractivity contribution is 6.19. The highest BCUT2D eigenvalue weighted by Gasteiger charge is 2.36. The number of alkyl halides is 3. The number of rotatable bonds is 1. The number of aromatic nitrogens is 1. The first kappa shape index (κ1) is 18.5. The average molecular weight is 403 g/mol. The lowest BCUT2D eigenvalue weighted by Crippen LogP contribution is -2.18. The number of phenols is 4. The van der Waals surface area contributed by atoms with Gasteiger partial charge in [0.25, 0.3) is 5.91 Å². The van der Waals surface area contributed by atoms with Crippen molar-refractivity contribution in [3.63, 3.8) is 0 Å². The molecule has 0 aliphatic rings. The second-order valence-corrected chi connectivity index (χ2v) is 6.37. The van der Waals surface area contributed by atoms with E-state index in [4.69, 9.17) is 0 Å². The fourth-order valence-electron chi connectivity index (χ4n) is 3.35. The van der Waals surface area contributed by atoms with Gasteiger partial charge in [-0.1, -0.05) is 12.1 Å². The fraction of sp³-hybridized carbons (Fsp3) is 0.0500. The normalized spacial score (nSPS) is 12.0. The molecule has 0 spiro atoms. The van der Waals surface area contributed by atoms with Crippen LogP contribution in [-0.2, 0) is 6.18 Å². The van der Waals surface area contributed by atoms with E-state index in [1.54, 1.807) is 0 Å².